The third-order valence-corrected chi connectivity index (χ3v) is 2.49. The molecule has 0 unspecified atom stereocenters. The van der Waals surface area contributed by atoms with Crippen LogP contribution < -0.4 is 11.1 Å². The highest BCUT2D eigenvalue weighted by Crippen LogP contribution is 2.21. The zero-order chi connectivity index (χ0) is 13.9. The van der Waals surface area contributed by atoms with E-state index in [4.69, 9.17) is 5.73 Å². The molecule has 0 saturated heterocycles. The molecule has 0 aliphatic carbocycles. The van der Waals surface area contributed by atoms with Crippen molar-refractivity contribution < 1.29 is 13.2 Å². The third kappa shape index (κ3) is 13.1. The maximum Gasteiger partial charge on any atom is 0.389 e. The maximum atomic E-state index is 11.8. The average molecular weight is 267 g/mol. The molecule has 3 N–H and O–H groups in total. The number of nitrogens with zero attached hydrogens (tertiary/aromatic N) is 1. The van der Waals surface area contributed by atoms with E-state index >= 15 is 0 Å². The van der Waals surface area contributed by atoms with Gasteiger partial charge in [0, 0.05) is 19.5 Å². The maximum absolute atomic E-state index is 11.8. The number of nitrogens with two attached hydrogens (primary N) is 1. The van der Waals surface area contributed by atoms with E-state index in [1.165, 1.54) is 12.8 Å². The molecule has 0 heterocycles. The van der Waals surface area contributed by atoms with Crippen molar-refractivity contribution in [3.8, 4) is 0 Å². The number of unbranched alkanes of at least 4 members (excludes halogenated alkanes) is 4. The molecule has 0 aromatic rings. The van der Waals surface area contributed by atoms with Crippen LogP contribution in [-0.2, 0) is 0 Å². The van der Waals surface area contributed by atoms with E-state index in [2.05, 4.69) is 17.2 Å². The predicted molar refractivity (Wildman–Crippen MR) is 68.5 cm³/mol. The van der Waals surface area contributed by atoms with Crippen LogP contribution in [0.2, 0.25) is 0 Å². The topological polar surface area (TPSA) is 50.4 Å². The lowest BCUT2D eigenvalue weighted by molar-refractivity contribution is -0.135. The summed E-state index contributed by atoms with van der Waals surface area (Å²) in [5.74, 6) is 0.332. The molecule has 0 fully saturated rings. The fourth-order valence-electron chi connectivity index (χ4n) is 1.46. The van der Waals surface area contributed by atoms with Gasteiger partial charge in [0.05, 0.1) is 0 Å². The Kier molecular flexibility index (Phi) is 9.50. The summed E-state index contributed by atoms with van der Waals surface area (Å²) >= 11 is 0. The Hall–Kier alpha value is -0.940. The summed E-state index contributed by atoms with van der Waals surface area (Å²) in [7, 11) is 0. The van der Waals surface area contributed by atoms with Gasteiger partial charge in [0.2, 0.25) is 0 Å². The summed E-state index contributed by atoms with van der Waals surface area (Å²) < 4.78 is 35.5. The van der Waals surface area contributed by atoms with Gasteiger partial charge in [-0.25, -0.2) is 0 Å². The summed E-state index contributed by atoms with van der Waals surface area (Å²) in [6, 6.07) is 0. The van der Waals surface area contributed by atoms with Crippen molar-refractivity contribution in [2.45, 2.75) is 58.0 Å². The van der Waals surface area contributed by atoms with Crippen LogP contribution in [-0.4, -0.2) is 25.2 Å². The van der Waals surface area contributed by atoms with Gasteiger partial charge in [-0.1, -0.05) is 26.2 Å². The van der Waals surface area contributed by atoms with Gasteiger partial charge in [-0.15, -0.1) is 0 Å². The molecule has 0 saturated carbocycles. The number of rotatable bonds is 9. The minimum absolute atomic E-state index is 0.125. The van der Waals surface area contributed by atoms with Gasteiger partial charge in [0.1, 0.15) is 0 Å². The minimum Gasteiger partial charge on any atom is -0.370 e. The monoisotopic (exact) mass is 267 g/mol. The minimum atomic E-state index is -4.06. The van der Waals surface area contributed by atoms with Crippen molar-refractivity contribution in [3.63, 3.8) is 0 Å². The highest BCUT2D eigenvalue weighted by atomic mass is 19.4. The summed E-state index contributed by atoms with van der Waals surface area (Å²) in [5, 5.41) is 2.82. The van der Waals surface area contributed by atoms with Gasteiger partial charge in [-0.05, 0) is 19.3 Å². The standard InChI is InChI=1S/C12H24F3N3/c1-2-3-4-6-9-17-11(16)18-10-7-5-8-12(13,14)15/h2-10H2,1H3,(H3,16,17,18). The van der Waals surface area contributed by atoms with Crippen molar-refractivity contribution in [1.82, 2.24) is 5.32 Å². The number of guanidine groups is 1. The molecule has 0 amide bonds. The molecular weight excluding hydrogens is 243 g/mol. The molecule has 3 nitrogen and oxygen atoms in total. The fraction of sp³-hybridized carbons (Fsp3) is 0.917. The first-order valence-electron chi connectivity index (χ1n) is 6.56. The molecule has 0 radical (unpaired) electrons. The van der Waals surface area contributed by atoms with Crippen molar-refractivity contribution >= 4 is 5.96 Å². The molecule has 0 aromatic carbocycles. The number of hydrogen-bond donors (Lipinski definition) is 2. The molecule has 0 rings (SSSR count). The van der Waals surface area contributed by atoms with Gasteiger partial charge >= 0.3 is 6.18 Å². The van der Waals surface area contributed by atoms with E-state index in [0.717, 1.165) is 12.8 Å². The molecule has 108 valence electrons. The number of hydrogen-bond acceptors (Lipinski definition) is 1. The quantitative estimate of drug-likeness (QED) is 0.383. The molecule has 0 aliphatic rings. The lowest BCUT2D eigenvalue weighted by Gasteiger charge is -2.07. The van der Waals surface area contributed by atoms with Crippen LogP contribution in [0.4, 0.5) is 13.2 Å². The van der Waals surface area contributed by atoms with Crippen LogP contribution in [0.1, 0.15) is 51.9 Å². The van der Waals surface area contributed by atoms with Crippen molar-refractivity contribution in [2.24, 2.45) is 10.7 Å². The number of alkyl halides is 3. The molecule has 18 heavy (non-hydrogen) atoms. The zero-order valence-electron chi connectivity index (χ0n) is 11.0. The molecule has 0 bridgehead atoms. The Balaban J connectivity index is 3.40. The molecule has 6 heteroatoms. The number of aliphatic imine (C=N–C) groups is 1. The van der Waals surface area contributed by atoms with Crippen LogP contribution >= 0.6 is 0 Å². The molecule has 0 atom stereocenters. The lowest BCUT2D eigenvalue weighted by Crippen LogP contribution is -2.32. The van der Waals surface area contributed by atoms with Gasteiger partial charge in [0.25, 0.3) is 0 Å². The second kappa shape index (κ2) is 10.0. The number of halogens is 3. The highest BCUT2D eigenvalue weighted by molar-refractivity contribution is 5.77. The lowest BCUT2D eigenvalue weighted by atomic mass is 10.2. The normalized spacial score (nSPS) is 12.8. The van der Waals surface area contributed by atoms with E-state index in [-0.39, 0.29) is 6.42 Å². The van der Waals surface area contributed by atoms with E-state index < -0.39 is 12.6 Å². The van der Waals surface area contributed by atoms with E-state index in [1.54, 1.807) is 0 Å². The van der Waals surface area contributed by atoms with Crippen molar-refractivity contribution in [2.75, 3.05) is 13.1 Å². The van der Waals surface area contributed by atoms with Gasteiger partial charge in [0.15, 0.2) is 5.96 Å². The Morgan fingerprint density at radius 1 is 1.11 bits per heavy atom. The second-order valence-electron chi connectivity index (χ2n) is 4.33. The van der Waals surface area contributed by atoms with Gasteiger partial charge in [-0.2, -0.15) is 13.2 Å². The summed E-state index contributed by atoms with van der Waals surface area (Å²) in [4.78, 5) is 4.10. The Morgan fingerprint density at radius 2 is 1.83 bits per heavy atom. The first-order valence-corrected chi connectivity index (χ1v) is 6.56. The van der Waals surface area contributed by atoms with Gasteiger partial charge < -0.3 is 11.1 Å². The smallest absolute Gasteiger partial charge is 0.370 e. The van der Waals surface area contributed by atoms with E-state index in [9.17, 15) is 13.2 Å². The van der Waals surface area contributed by atoms with Crippen LogP contribution in [0.5, 0.6) is 0 Å². The Morgan fingerprint density at radius 3 is 2.44 bits per heavy atom. The third-order valence-electron chi connectivity index (χ3n) is 2.49. The Bertz CT molecular complexity index is 227. The average Bonchev–Trinajstić information content (AvgIpc) is 2.27. The Labute approximate surface area is 107 Å². The first kappa shape index (κ1) is 17.1. The van der Waals surface area contributed by atoms with Gasteiger partial charge in [-0.3, -0.25) is 4.99 Å². The zero-order valence-corrected chi connectivity index (χ0v) is 11.0. The van der Waals surface area contributed by atoms with Crippen LogP contribution in [0.3, 0.4) is 0 Å². The van der Waals surface area contributed by atoms with E-state index in [1.807, 2.05) is 0 Å². The first-order chi connectivity index (χ1) is 8.45. The van der Waals surface area contributed by atoms with Crippen LogP contribution in [0.15, 0.2) is 4.99 Å². The van der Waals surface area contributed by atoms with Crippen molar-refractivity contribution in [3.05, 3.63) is 0 Å². The van der Waals surface area contributed by atoms with Crippen molar-refractivity contribution in [1.29, 1.82) is 0 Å². The molecule has 0 spiro atoms. The SMILES string of the molecule is CCCCCCN=C(N)NCCCCC(F)(F)F. The molecule has 0 aromatic heterocycles. The predicted octanol–water partition coefficient (Wildman–Crippen LogP) is 3.20. The molecular formula is C12H24F3N3. The summed E-state index contributed by atoms with van der Waals surface area (Å²) in [6.07, 6.45) is 0.299. The van der Waals surface area contributed by atoms with Crippen LogP contribution in [0, 0.1) is 0 Å². The fourth-order valence-corrected chi connectivity index (χ4v) is 1.46. The summed E-state index contributed by atoms with van der Waals surface area (Å²) in [5.41, 5.74) is 5.57. The number of nitrogens with one attached hydrogen (secondary N) is 1. The highest BCUT2D eigenvalue weighted by Gasteiger charge is 2.25. The van der Waals surface area contributed by atoms with E-state index in [0.29, 0.717) is 25.5 Å². The van der Waals surface area contributed by atoms with Crippen LogP contribution in [0.25, 0.3) is 0 Å². The summed E-state index contributed by atoms with van der Waals surface area (Å²) in [6.45, 7) is 3.27. The molecule has 0 aliphatic heterocycles. The second-order valence-corrected chi connectivity index (χ2v) is 4.33. The largest absolute Gasteiger partial charge is 0.389 e.